The third kappa shape index (κ3) is 3.92. The molecule has 0 saturated carbocycles. The molecule has 2 aliphatic rings. The second kappa shape index (κ2) is 8.12. The van der Waals surface area contributed by atoms with Crippen LogP contribution in [-0.4, -0.2) is 56.1 Å². The Bertz CT molecular complexity index is 1220. The SMILES string of the molecule is Cn1cc2c(c1C(=O)Nc1cc(F)c(F)c(F)c1)OC[C@@H]1CN(CC#N)C[C@@H]1NS2(=O)=O. The van der Waals surface area contributed by atoms with Crippen molar-refractivity contribution in [3.63, 3.8) is 0 Å². The molecular weight excluding hydrogens is 451 g/mol. The number of nitriles is 1. The Morgan fingerprint density at radius 2 is 2.00 bits per heavy atom. The van der Waals surface area contributed by atoms with Gasteiger partial charge in [0.15, 0.2) is 28.9 Å². The molecule has 1 aromatic heterocycles. The molecule has 4 rings (SSSR count). The molecule has 1 saturated heterocycles. The van der Waals surface area contributed by atoms with Crippen LogP contribution in [0.2, 0.25) is 0 Å². The van der Waals surface area contributed by atoms with Gasteiger partial charge in [0.2, 0.25) is 10.0 Å². The Hall–Kier alpha value is -3.08. The number of likely N-dealkylation sites (tertiary alicyclic amines) is 1. The standard InChI is InChI=1S/C19H18F3N5O4S/c1-26-8-15-18(17(26)19(28)24-11-4-12(20)16(22)13(21)5-11)31-9-10-6-27(3-2-23)7-14(10)25-32(15,29)30/h4-5,8,10,14,25H,3,6-7,9H2,1H3,(H,24,28)/t10-,14-/m0/s1. The van der Waals surface area contributed by atoms with Crippen LogP contribution < -0.4 is 14.8 Å². The highest BCUT2D eigenvalue weighted by Gasteiger charge is 2.41. The Morgan fingerprint density at radius 1 is 1.31 bits per heavy atom. The van der Waals surface area contributed by atoms with E-state index in [9.17, 15) is 26.4 Å². The van der Waals surface area contributed by atoms with Crippen molar-refractivity contribution in [2.45, 2.75) is 10.9 Å². The van der Waals surface area contributed by atoms with Gasteiger partial charge in [0.05, 0.1) is 19.2 Å². The molecule has 0 unspecified atom stereocenters. The minimum atomic E-state index is -4.08. The van der Waals surface area contributed by atoms with Gasteiger partial charge in [-0.15, -0.1) is 0 Å². The number of benzene rings is 1. The maximum atomic E-state index is 13.5. The first kappa shape index (κ1) is 22.1. The molecule has 1 fully saturated rings. The summed E-state index contributed by atoms with van der Waals surface area (Å²) in [7, 11) is -2.66. The lowest BCUT2D eigenvalue weighted by Gasteiger charge is -2.23. The van der Waals surface area contributed by atoms with Crippen molar-refractivity contribution in [1.82, 2.24) is 14.2 Å². The molecule has 0 aliphatic carbocycles. The Morgan fingerprint density at radius 3 is 2.66 bits per heavy atom. The van der Waals surface area contributed by atoms with Crippen LogP contribution in [0.25, 0.3) is 0 Å². The molecule has 2 aliphatic heterocycles. The summed E-state index contributed by atoms with van der Waals surface area (Å²) in [5.74, 6) is -6.02. The van der Waals surface area contributed by atoms with Crippen molar-refractivity contribution in [3.05, 3.63) is 41.5 Å². The van der Waals surface area contributed by atoms with Gasteiger partial charge < -0.3 is 14.6 Å². The van der Waals surface area contributed by atoms with Gasteiger partial charge in [-0.25, -0.2) is 26.3 Å². The molecule has 2 atom stereocenters. The van der Waals surface area contributed by atoms with Crippen LogP contribution in [0.1, 0.15) is 10.5 Å². The van der Waals surface area contributed by atoms with E-state index in [0.717, 1.165) is 0 Å². The summed E-state index contributed by atoms with van der Waals surface area (Å²) in [4.78, 5) is 14.4. The average molecular weight is 469 g/mol. The zero-order valence-corrected chi connectivity index (χ0v) is 17.5. The summed E-state index contributed by atoms with van der Waals surface area (Å²) in [5.41, 5.74) is -0.544. The van der Waals surface area contributed by atoms with Gasteiger partial charge in [-0.2, -0.15) is 5.26 Å². The van der Waals surface area contributed by atoms with E-state index in [4.69, 9.17) is 10.00 Å². The van der Waals surface area contributed by atoms with Crippen molar-refractivity contribution in [3.8, 4) is 11.8 Å². The maximum absolute atomic E-state index is 13.5. The number of hydrogen-bond acceptors (Lipinski definition) is 6. The Balaban J connectivity index is 1.66. The highest BCUT2D eigenvalue weighted by molar-refractivity contribution is 7.89. The van der Waals surface area contributed by atoms with Crippen LogP contribution in [0.5, 0.6) is 5.75 Å². The van der Waals surface area contributed by atoms with Gasteiger partial charge in [-0.3, -0.25) is 9.69 Å². The third-order valence-electron chi connectivity index (χ3n) is 5.41. The van der Waals surface area contributed by atoms with Crippen LogP contribution >= 0.6 is 0 Å². The predicted octanol–water partition coefficient (Wildman–Crippen LogP) is 1.19. The smallest absolute Gasteiger partial charge is 0.276 e. The van der Waals surface area contributed by atoms with E-state index in [-0.39, 0.29) is 41.1 Å². The lowest BCUT2D eigenvalue weighted by molar-refractivity contribution is 0.101. The number of carbonyl (C=O) groups excluding carboxylic acids is 1. The number of nitrogens with one attached hydrogen (secondary N) is 2. The summed E-state index contributed by atoms with van der Waals surface area (Å²) in [5, 5.41) is 11.1. The number of halogens is 3. The highest BCUT2D eigenvalue weighted by Crippen LogP contribution is 2.34. The van der Waals surface area contributed by atoms with E-state index in [1.54, 1.807) is 4.90 Å². The van der Waals surface area contributed by atoms with E-state index < -0.39 is 39.4 Å². The number of nitrogens with zero attached hydrogens (tertiary/aromatic N) is 3. The lowest BCUT2D eigenvalue weighted by atomic mass is 10.1. The number of ether oxygens (including phenoxy) is 1. The minimum absolute atomic E-state index is 0.0756. The number of aromatic nitrogens is 1. The summed E-state index contributed by atoms with van der Waals surface area (Å²) in [6.07, 6.45) is 1.20. The second-order valence-electron chi connectivity index (χ2n) is 7.64. The van der Waals surface area contributed by atoms with Gasteiger partial charge in [-0.1, -0.05) is 0 Å². The Kier molecular flexibility index (Phi) is 5.61. The summed E-state index contributed by atoms with van der Waals surface area (Å²) in [6.45, 7) is 0.990. The number of fused-ring (bicyclic) bond motifs is 2. The molecule has 0 bridgehead atoms. The van der Waals surface area contributed by atoms with E-state index in [2.05, 4.69) is 10.0 Å². The summed E-state index contributed by atoms with van der Waals surface area (Å²) in [6, 6.07) is 2.77. The zero-order valence-electron chi connectivity index (χ0n) is 16.7. The minimum Gasteiger partial charge on any atom is -0.489 e. The third-order valence-corrected chi connectivity index (χ3v) is 6.89. The zero-order chi connectivity index (χ0) is 23.2. The molecule has 170 valence electrons. The van der Waals surface area contributed by atoms with Crippen LogP contribution in [0.4, 0.5) is 18.9 Å². The van der Waals surface area contributed by atoms with Crippen molar-refractivity contribution < 1.29 is 31.1 Å². The lowest BCUT2D eigenvalue weighted by Crippen LogP contribution is -2.43. The van der Waals surface area contributed by atoms with E-state index >= 15 is 0 Å². The molecule has 2 aromatic rings. The fraction of sp³-hybridized carbons (Fsp3) is 0.368. The molecular formula is C19H18F3N5O4S. The van der Waals surface area contributed by atoms with Crippen molar-refractivity contribution in [1.29, 1.82) is 5.26 Å². The molecule has 13 heteroatoms. The van der Waals surface area contributed by atoms with Gasteiger partial charge in [0, 0.05) is 56.1 Å². The number of hydrogen-bond donors (Lipinski definition) is 2. The van der Waals surface area contributed by atoms with Crippen molar-refractivity contribution in [2.24, 2.45) is 13.0 Å². The van der Waals surface area contributed by atoms with E-state index in [0.29, 0.717) is 25.2 Å². The van der Waals surface area contributed by atoms with Crippen LogP contribution in [-0.2, 0) is 17.1 Å². The van der Waals surface area contributed by atoms with Crippen LogP contribution in [0.3, 0.4) is 0 Å². The average Bonchev–Trinajstić information content (AvgIpc) is 3.23. The van der Waals surface area contributed by atoms with Crippen molar-refractivity contribution in [2.75, 3.05) is 31.6 Å². The van der Waals surface area contributed by atoms with Gasteiger partial charge in [0.25, 0.3) is 5.91 Å². The Labute approximate surface area is 181 Å². The fourth-order valence-electron chi connectivity index (χ4n) is 3.93. The van der Waals surface area contributed by atoms with Gasteiger partial charge in [0.1, 0.15) is 4.90 Å². The molecule has 0 spiro atoms. The van der Waals surface area contributed by atoms with E-state index in [1.807, 2.05) is 6.07 Å². The van der Waals surface area contributed by atoms with Gasteiger partial charge in [-0.05, 0) is 0 Å². The largest absolute Gasteiger partial charge is 0.489 e. The molecule has 2 N–H and O–H groups in total. The number of sulfonamides is 1. The molecule has 9 nitrogen and oxygen atoms in total. The predicted molar refractivity (Wildman–Crippen MR) is 105 cm³/mol. The summed E-state index contributed by atoms with van der Waals surface area (Å²) < 4.78 is 75.7. The monoisotopic (exact) mass is 469 g/mol. The second-order valence-corrected chi connectivity index (χ2v) is 9.32. The normalized spacial score (nSPS) is 22.1. The van der Waals surface area contributed by atoms with Crippen molar-refractivity contribution >= 4 is 21.6 Å². The van der Waals surface area contributed by atoms with Crippen LogP contribution in [0.15, 0.2) is 23.2 Å². The van der Waals surface area contributed by atoms with E-state index in [1.165, 1.54) is 17.8 Å². The maximum Gasteiger partial charge on any atom is 0.276 e. The number of anilines is 1. The molecule has 1 amide bonds. The number of carbonyl (C=O) groups is 1. The molecule has 1 aromatic carbocycles. The topological polar surface area (TPSA) is 116 Å². The quantitative estimate of drug-likeness (QED) is 0.515. The fourth-order valence-corrected chi connectivity index (χ4v) is 5.42. The van der Waals surface area contributed by atoms with Crippen LogP contribution in [0, 0.1) is 34.7 Å². The number of amides is 1. The number of rotatable bonds is 3. The first-order chi connectivity index (χ1) is 15.1. The number of aryl methyl sites for hydroxylation is 1. The molecule has 3 heterocycles. The first-order valence-electron chi connectivity index (χ1n) is 9.50. The van der Waals surface area contributed by atoms with Gasteiger partial charge >= 0.3 is 0 Å². The highest BCUT2D eigenvalue weighted by atomic mass is 32.2. The molecule has 0 radical (unpaired) electrons. The first-order valence-corrected chi connectivity index (χ1v) is 11.0. The summed E-state index contributed by atoms with van der Waals surface area (Å²) >= 11 is 0. The molecule has 32 heavy (non-hydrogen) atoms.